The third-order valence-corrected chi connectivity index (χ3v) is 16.2. The zero-order valence-electron chi connectivity index (χ0n) is 55.4. The molecule has 0 bridgehead atoms. The van der Waals surface area contributed by atoms with E-state index in [-0.39, 0.29) is 0 Å². The van der Waals surface area contributed by atoms with E-state index in [9.17, 15) is 105 Å². The van der Waals surface area contributed by atoms with Gasteiger partial charge in [-0.1, -0.05) is 102 Å². The van der Waals surface area contributed by atoms with Crippen LogP contribution in [0.3, 0.4) is 0 Å². The van der Waals surface area contributed by atoms with Crippen molar-refractivity contribution in [1.82, 2.24) is 0 Å². The molecule has 101 heavy (non-hydrogen) atoms. The summed E-state index contributed by atoms with van der Waals surface area (Å²) in [5, 5.41) is 3.73. The van der Waals surface area contributed by atoms with Crippen molar-refractivity contribution in [2.75, 3.05) is 18.5 Å². The van der Waals surface area contributed by atoms with Gasteiger partial charge in [0.1, 0.15) is 6.15 Å². The van der Waals surface area contributed by atoms with Gasteiger partial charge in [-0.25, -0.2) is 0 Å². The topological polar surface area (TPSA) is 46.0 Å². The second kappa shape index (κ2) is 31.8. The third-order valence-electron chi connectivity index (χ3n) is 16.2. The number of benzene rings is 7. The summed E-state index contributed by atoms with van der Waals surface area (Å²) < 4.78 is 346. The van der Waals surface area contributed by atoms with Crippen LogP contribution in [0.25, 0.3) is 0 Å². The zero-order valence-corrected chi connectivity index (χ0v) is 58.0. The Morgan fingerprint density at radius 2 is 0.535 bits per heavy atom. The average Bonchev–Trinajstić information content (AvgIpc) is 0.858. The number of halogens is 25. The van der Waals surface area contributed by atoms with E-state index in [1.807, 2.05) is 0 Å². The van der Waals surface area contributed by atoms with Crippen molar-refractivity contribution in [3.63, 3.8) is 0 Å². The maximum atomic E-state index is 14.2. The van der Waals surface area contributed by atoms with E-state index in [4.69, 9.17) is 14.7 Å². The molecular weight excluding hydrogens is 1500 g/mol. The molecule has 31 heteroatoms. The molecule has 551 valence electrons. The van der Waals surface area contributed by atoms with Crippen LogP contribution >= 0.6 is 14.2 Å². The van der Waals surface area contributed by atoms with Gasteiger partial charge in [0.05, 0.1) is 55.9 Å². The van der Waals surface area contributed by atoms with Gasteiger partial charge < -0.3 is 10.1 Å². The summed E-state index contributed by atoms with van der Waals surface area (Å²) in [6, 6.07) is 4.44. The van der Waals surface area contributed by atoms with Crippen LogP contribution in [0.5, 0.6) is 0 Å². The molecule has 1 heterocycles. The minimum atomic E-state index is -6.13. The quantitative estimate of drug-likeness (QED) is 0.0843. The molecule has 0 saturated carbocycles. The predicted molar refractivity (Wildman–Crippen MR) is 343 cm³/mol. The van der Waals surface area contributed by atoms with Gasteiger partial charge in [-0.3, -0.25) is 9.98 Å². The molecule has 0 amide bonds. The van der Waals surface area contributed by atoms with Crippen LogP contribution in [0.15, 0.2) is 130 Å². The van der Waals surface area contributed by atoms with Gasteiger partial charge in [0.15, 0.2) is 0 Å². The molecule has 1 fully saturated rings. The van der Waals surface area contributed by atoms with Crippen LogP contribution < -0.4 is 27.2 Å². The Morgan fingerprint density at radius 1 is 0.337 bits per heavy atom. The zero-order chi connectivity index (χ0) is 77.1. The number of hydrogen-bond acceptors (Lipinski definition) is 4. The maximum absolute atomic E-state index is 14.2. The Balaban J connectivity index is 0.000000356. The van der Waals surface area contributed by atoms with Crippen molar-refractivity contribution >= 4 is 70.7 Å². The van der Waals surface area contributed by atoms with Gasteiger partial charge in [-0.05, 0) is 154 Å². The number of aliphatic imine (C=N–C) groups is 2. The monoisotopic (exact) mass is 1570 g/mol. The van der Waals surface area contributed by atoms with Gasteiger partial charge >= 0.3 is 77.5 Å². The molecule has 0 aliphatic carbocycles. The van der Waals surface area contributed by atoms with Crippen LogP contribution in [-0.4, -0.2) is 30.8 Å². The van der Waals surface area contributed by atoms with Crippen LogP contribution in [0.1, 0.15) is 128 Å². The normalized spacial score (nSPS) is 13.8. The number of hydrogen-bond donors (Lipinski definition) is 1. The molecule has 0 radical (unpaired) electrons. The number of anilines is 1. The number of ether oxygens (including phenoxy) is 1. The molecule has 0 spiro atoms. The summed E-state index contributed by atoms with van der Waals surface area (Å²) in [4.78, 5) is 10.4. The van der Waals surface area contributed by atoms with Crippen molar-refractivity contribution in [2.45, 2.75) is 145 Å². The molecule has 1 aliphatic rings. The van der Waals surface area contributed by atoms with Crippen molar-refractivity contribution in [3.05, 3.63) is 215 Å². The number of rotatable bonds is 10. The van der Waals surface area contributed by atoms with Crippen molar-refractivity contribution < 1.29 is 124 Å². The van der Waals surface area contributed by atoms with Gasteiger partial charge in [0, 0.05) is 41.6 Å². The molecule has 7 aromatic rings. The summed E-state index contributed by atoms with van der Waals surface area (Å²) in [6.07, 6.45) is -52.3. The Labute approximate surface area is 581 Å². The third kappa shape index (κ3) is 21.2. The Morgan fingerprint density at radius 3 is 0.713 bits per heavy atom. The first-order chi connectivity index (χ1) is 46.0. The Kier molecular flexibility index (Phi) is 26.6. The van der Waals surface area contributed by atoms with E-state index in [0.29, 0.717) is 0 Å². The molecule has 0 unspecified atom stereocenters. The van der Waals surface area contributed by atoms with Gasteiger partial charge in [0.2, 0.25) is 0 Å². The fourth-order valence-electron chi connectivity index (χ4n) is 12.2. The Hall–Kier alpha value is -7.25. The molecule has 7 aromatic carbocycles. The van der Waals surface area contributed by atoms with Crippen molar-refractivity contribution in [3.8, 4) is 0 Å². The van der Waals surface area contributed by atoms with E-state index in [1.165, 1.54) is 62.9 Å². The Bertz CT molecular complexity index is 3650. The molecule has 8 rings (SSSR count). The minimum absolute atomic E-state index is 0.691. The standard InChI is InChI=1S/C34H43N3.C32H12BF24.C4H8O.BrH.Co/c1-19-13-22(4)32(23(5)14-19)35-28(10)31(29(11)36-33-24(6)15-20(2)16-25(33)7)30(12)37-34-26(8)17-21(3)18-27(34)9;34-25(35,36)13-1-14(26(37,38)39)6-21(5-13)33(22-7-15(27(40,41)42)2-16(8-22)28(43,44)45,23-9-17(29(46,47)48)3-18(10-23)30(49,50)51)24-11-19(31(52,53)54)4-20(12-24)32(55,56)57;1-2-4-5-3-1;;/h13-18,35H,1-12H3;1-12H;1-4H2;1H;/q;-1;;;+2/p-1. The van der Waals surface area contributed by atoms with E-state index in [0.717, 1.165) is 53.0 Å². The number of nitrogens with one attached hydrogen (secondary N) is 1. The van der Waals surface area contributed by atoms with E-state index < -0.39 is 195 Å². The fourth-order valence-corrected chi connectivity index (χ4v) is 12.2. The first kappa shape index (κ1) is 84.4. The van der Waals surface area contributed by atoms with Crippen molar-refractivity contribution in [1.29, 1.82) is 0 Å². The molecular formula is C70H63BBrCoF24N3O. The molecule has 0 atom stereocenters. The van der Waals surface area contributed by atoms with Crippen LogP contribution in [0.2, 0.25) is 0 Å². The SMILES string of the molecule is C1CCOC1.CC(=Nc1c(C)cc(C)cc1C)C(C(C)=Nc1c(C)cc(C)cc1C)=C(C)Nc1c(C)cc(C)cc1C.FC(F)(F)c1cc([B-](c2cc(C(F)(F)F)cc(C(F)(F)F)c2)(c2cc(C(F)(F)F)cc(C(F)(F)F)c2)c2cc(C(F)(F)F)cc(C(F)(F)F)c2)cc(C(F)(F)F)c1.[Co+][Br]. The summed E-state index contributed by atoms with van der Waals surface area (Å²) in [5.41, 5.74) is -12.0. The van der Waals surface area contributed by atoms with Crippen LogP contribution in [0, 0.1) is 62.3 Å². The number of allylic oxidation sites excluding steroid dienone is 2. The second-order valence-corrected chi connectivity index (χ2v) is 24.3. The van der Waals surface area contributed by atoms with E-state index in [2.05, 4.69) is 153 Å². The van der Waals surface area contributed by atoms with Crippen LogP contribution in [-0.2, 0) is 68.1 Å². The number of alkyl halides is 24. The first-order valence-electron chi connectivity index (χ1n) is 29.9. The molecule has 1 N–H and O–H groups in total. The fraction of sp³-hybridized carbons (Fsp3) is 0.343. The van der Waals surface area contributed by atoms with Crippen molar-refractivity contribution in [2.24, 2.45) is 9.98 Å². The first-order valence-corrected chi connectivity index (χ1v) is 32.5. The predicted octanol–water partition coefficient (Wildman–Crippen LogP) is 22.6. The molecule has 0 aromatic heterocycles. The van der Waals surface area contributed by atoms with Gasteiger partial charge in [0.25, 0.3) is 0 Å². The van der Waals surface area contributed by atoms with Gasteiger partial charge in [-0.15, -0.1) is 0 Å². The summed E-state index contributed by atoms with van der Waals surface area (Å²) in [7, 11) is 0. The summed E-state index contributed by atoms with van der Waals surface area (Å²) in [5.74, 6) is 0. The van der Waals surface area contributed by atoms with E-state index >= 15 is 0 Å². The molecule has 1 saturated heterocycles. The van der Waals surface area contributed by atoms with Gasteiger partial charge in [-0.2, -0.15) is 127 Å². The average molecular weight is 1570 g/mol. The number of aryl methyl sites for hydroxylation is 9. The molecule has 1 aliphatic heterocycles. The summed E-state index contributed by atoms with van der Waals surface area (Å²) >= 11 is 6.00. The van der Waals surface area contributed by atoms with E-state index in [1.54, 1.807) is 0 Å². The molecule has 4 nitrogen and oxygen atoms in total. The summed E-state index contributed by atoms with van der Waals surface area (Å²) in [6.45, 7) is 27.6. The van der Waals surface area contributed by atoms with Crippen LogP contribution in [0.4, 0.5) is 122 Å². The number of nitrogens with zero attached hydrogens (tertiary/aromatic N) is 2. The second-order valence-electron chi connectivity index (χ2n) is 24.3.